The molecule has 1 atom stereocenters. The second-order valence-electron chi connectivity index (χ2n) is 6.22. The Bertz CT molecular complexity index is 424. The molecular weight excluding hydrogens is 290 g/mol. The van der Waals surface area contributed by atoms with Gasteiger partial charge in [0.15, 0.2) is 6.29 Å². The Kier molecular flexibility index (Phi) is 6.49. The third-order valence-electron chi connectivity index (χ3n) is 3.37. The normalized spacial score (nSPS) is 19.7. The lowest BCUT2D eigenvalue weighted by Crippen LogP contribution is -2.50. The number of piperidine rings is 1. The van der Waals surface area contributed by atoms with Gasteiger partial charge in [0.2, 0.25) is 5.91 Å². The van der Waals surface area contributed by atoms with Gasteiger partial charge in [0.05, 0.1) is 5.92 Å². The summed E-state index contributed by atoms with van der Waals surface area (Å²) in [6.45, 7) is 5.25. The van der Waals surface area contributed by atoms with Crippen molar-refractivity contribution in [2.45, 2.75) is 51.9 Å². The molecule has 1 aliphatic rings. The van der Waals surface area contributed by atoms with Crippen molar-refractivity contribution < 1.29 is 28.6 Å². The van der Waals surface area contributed by atoms with Crippen LogP contribution in [0.25, 0.3) is 0 Å². The molecule has 0 radical (unpaired) electrons. The molecule has 2 amide bonds. The highest BCUT2D eigenvalue weighted by atomic mass is 16.7. The summed E-state index contributed by atoms with van der Waals surface area (Å²) >= 11 is 0. The Morgan fingerprint density at radius 2 is 1.86 bits per heavy atom. The van der Waals surface area contributed by atoms with Crippen molar-refractivity contribution >= 4 is 17.8 Å². The van der Waals surface area contributed by atoms with Gasteiger partial charge in [0, 0.05) is 27.2 Å². The van der Waals surface area contributed by atoms with E-state index in [1.165, 1.54) is 14.2 Å². The number of carbonyl (C=O) groups excluding carboxylic acids is 3. The molecule has 1 heterocycles. The number of nitrogens with zero attached hydrogens (tertiary/aromatic N) is 1. The summed E-state index contributed by atoms with van der Waals surface area (Å²) in [5.41, 5.74) is -0.689. The molecule has 7 nitrogen and oxygen atoms in total. The van der Waals surface area contributed by atoms with Crippen LogP contribution in [0.2, 0.25) is 0 Å². The van der Waals surface area contributed by atoms with Crippen molar-refractivity contribution in [3.8, 4) is 0 Å². The second kappa shape index (κ2) is 7.69. The molecule has 126 valence electrons. The summed E-state index contributed by atoms with van der Waals surface area (Å²) in [6.07, 6.45) is -0.344. The highest BCUT2D eigenvalue weighted by molar-refractivity contribution is 6.08. The van der Waals surface area contributed by atoms with E-state index in [0.29, 0.717) is 6.42 Å². The molecule has 1 fully saturated rings. The van der Waals surface area contributed by atoms with Crippen LogP contribution in [0, 0.1) is 5.92 Å². The van der Waals surface area contributed by atoms with Crippen LogP contribution in [0.4, 0.5) is 4.79 Å². The Hall–Kier alpha value is -1.47. The standard InChI is InChI=1S/C15H25NO6/c1-15(2,3)22-14(19)16-9-8-11(17)10(13(16)18)6-7-12(20-4)21-5/h10,12H,6-9H2,1-5H3. The maximum Gasteiger partial charge on any atom is 0.417 e. The molecule has 0 aliphatic carbocycles. The lowest BCUT2D eigenvalue weighted by atomic mass is 9.91. The van der Waals surface area contributed by atoms with Crippen LogP contribution in [-0.4, -0.2) is 55.3 Å². The molecule has 0 bridgehead atoms. The fraction of sp³-hybridized carbons (Fsp3) is 0.800. The predicted molar refractivity (Wildman–Crippen MR) is 78.1 cm³/mol. The Labute approximate surface area is 130 Å². The number of ether oxygens (including phenoxy) is 3. The van der Waals surface area contributed by atoms with Crippen molar-refractivity contribution in [3.05, 3.63) is 0 Å². The number of rotatable bonds is 5. The largest absolute Gasteiger partial charge is 0.443 e. The zero-order chi connectivity index (χ0) is 16.9. The van der Waals surface area contributed by atoms with E-state index in [1.807, 2.05) is 0 Å². The topological polar surface area (TPSA) is 82.1 Å². The van der Waals surface area contributed by atoms with E-state index in [-0.39, 0.29) is 25.2 Å². The van der Waals surface area contributed by atoms with Crippen LogP contribution < -0.4 is 0 Å². The first-order valence-corrected chi connectivity index (χ1v) is 7.32. The highest BCUT2D eigenvalue weighted by Crippen LogP contribution is 2.23. The van der Waals surface area contributed by atoms with Gasteiger partial charge in [-0.2, -0.15) is 0 Å². The smallest absolute Gasteiger partial charge is 0.417 e. The number of Topliss-reactive ketones (excluding diaryl/α,β-unsaturated/α-hetero) is 1. The van der Waals surface area contributed by atoms with Crippen LogP contribution in [0.1, 0.15) is 40.0 Å². The Morgan fingerprint density at radius 3 is 2.36 bits per heavy atom. The predicted octanol–water partition coefficient (Wildman–Crippen LogP) is 1.74. The summed E-state index contributed by atoms with van der Waals surface area (Å²) in [7, 11) is 2.98. The van der Waals surface area contributed by atoms with Crippen LogP contribution in [-0.2, 0) is 23.8 Å². The molecule has 0 saturated carbocycles. The molecule has 0 spiro atoms. The van der Waals surface area contributed by atoms with Crippen LogP contribution >= 0.6 is 0 Å². The van der Waals surface area contributed by atoms with Crippen LogP contribution in [0.5, 0.6) is 0 Å². The van der Waals surface area contributed by atoms with Crippen LogP contribution in [0.15, 0.2) is 0 Å². The Morgan fingerprint density at radius 1 is 1.27 bits per heavy atom. The number of ketones is 1. The van der Waals surface area contributed by atoms with Gasteiger partial charge in [0.25, 0.3) is 0 Å². The summed E-state index contributed by atoms with van der Waals surface area (Å²) < 4.78 is 15.3. The van der Waals surface area contributed by atoms with E-state index < -0.39 is 29.8 Å². The summed E-state index contributed by atoms with van der Waals surface area (Å²) in [4.78, 5) is 37.4. The summed E-state index contributed by atoms with van der Waals surface area (Å²) in [5.74, 6) is -1.50. The first kappa shape index (κ1) is 18.6. The fourth-order valence-electron chi connectivity index (χ4n) is 2.25. The molecule has 0 aromatic carbocycles. The molecule has 1 aliphatic heterocycles. The molecular formula is C15H25NO6. The van der Waals surface area contributed by atoms with Gasteiger partial charge in [0.1, 0.15) is 11.4 Å². The third kappa shape index (κ3) is 5.06. The number of likely N-dealkylation sites (tertiary alicyclic amines) is 1. The maximum atomic E-state index is 12.4. The fourth-order valence-corrected chi connectivity index (χ4v) is 2.25. The lowest BCUT2D eigenvalue weighted by Gasteiger charge is -2.32. The zero-order valence-corrected chi connectivity index (χ0v) is 13.9. The SMILES string of the molecule is COC(CCC1C(=O)CCN(C(=O)OC(C)(C)C)C1=O)OC. The van der Waals surface area contributed by atoms with Crippen molar-refractivity contribution in [3.63, 3.8) is 0 Å². The summed E-state index contributed by atoms with van der Waals surface area (Å²) in [6, 6.07) is 0. The first-order valence-electron chi connectivity index (χ1n) is 7.32. The van der Waals surface area contributed by atoms with Gasteiger partial charge in [-0.15, -0.1) is 0 Å². The molecule has 7 heteroatoms. The molecule has 1 saturated heterocycles. The van der Waals surface area contributed by atoms with Crippen molar-refractivity contribution in [1.82, 2.24) is 4.90 Å². The van der Waals surface area contributed by atoms with Crippen LogP contribution in [0.3, 0.4) is 0 Å². The molecule has 1 rings (SSSR count). The third-order valence-corrected chi connectivity index (χ3v) is 3.37. The van der Waals surface area contributed by atoms with E-state index >= 15 is 0 Å². The monoisotopic (exact) mass is 315 g/mol. The highest BCUT2D eigenvalue weighted by Gasteiger charge is 2.39. The van der Waals surface area contributed by atoms with Gasteiger partial charge in [-0.25, -0.2) is 9.69 Å². The first-order chi connectivity index (χ1) is 10.2. The zero-order valence-electron chi connectivity index (χ0n) is 13.9. The minimum atomic E-state index is -0.839. The summed E-state index contributed by atoms with van der Waals surface area (Å²) in [5, 5.41) is 0. The van der Waals surface area contributed by atoms with E-state index in [9.17, 15) is 14.4 Å². The minimum absolute atomic E-state index is 0.0705. The molecule has 0 N–H and O–H groups in total. The second-order valence-corrected chi connectivity index (χ2v) is 6.22. The molecule has 1 unspecified atom stereocenters. The number of hydrogen-bond acceptors (Lipinski definition) is 6. The number of imide groups is 1. The molecule has 22 heavy (non-hydrogen) atoms. The van der Waals surface area contributed by atoms with Gasteiger partial charge < -0.3 is 14.2 Å². The number of amides is 2. The lowest BCUT2D eigenvalue weighted by molar-refractivity contribution is -0.147. The van der Waals surface area contributed by atoms with E-state index in [4.69, 9.17) is 14.2 Å². The van der Waals surface area contributed by atoms with E-state index in [2.05, 4.69) is 0 Å². The van der Waals surface area contributed by atoms with Crippen molar-refractivity contribution in [1.29, 1.82) is 0 Å². The van der Waals surface area contributed by atoms with Gasteiger partial charge in [-0.3, -0.25) is 9.59 Å². The van der Waals surface area contributed by atoms with Gasteiger partial charge >= 0.3 is 6.09 Å². The van der Waals surface area contributed by atoms with E-state index in [1.54, 1.807) is 20.8 Å². The number of hydrogen-bond donors (Lipinski definition) is 0. The van der Waals surface area contributed by atoms with Crippen molar-refractivity contribution in [2.24, 2.45) is 5.92 Å². The van der Waals surface area contributed by atoms with Crippen molar-refractivity contribution in [2.75, 3.05) is 20.8 Å². The van der Waals surface area contributed by atoms with E-state index in [0.717, 1.165) is 4.90 Å². The average Bonchev–Trinajstić information content (AvgIpc) is 2.40. The number of carbonyl (C=O) groups is 3. The maximum absolute atomic E-state index is 12.4. The Balaban J connectivity index is 2.71. The quantitative estimate of drug-likeness (QED) is 0.568. The minimum Gasteiger partial charge on any atom is -0.443 e. The number of methoxy groups -OCH3 is 2. The van der Waals surface area contributed by atoms with Gasteiger partial charge in [-0.1, -0.05) is 0 Å². The average molecular weight is 315 g/mol. The molecule has 0 aromatic heterocycles. The van der Waals surface area contributed by atoms with Gasteiger partial charge in [-0.05, 0) is 33.6 Å². The molecule has 0 aromatic rings.